The highest BCUT2D eigenvalue weighted by atomic mass is 35.5. The quantitative estimate of drug-likeness (QED) is 0.649. The summed E-state index contributed by atoms with van der Waals surface area (Å²) < 4.78 is 0. The van der Waals surface area contributed by atoms with Crippen LogP contribution in [0, 0.1) is 5.41 Å². The van der Waals surface area contributed by atoms with Crippen LogP contribution in [-0.2, 0) is 0 Å². The molecule has 3 N–H and O–H groups in total. The molecule has 1 atom stereocenters. The van der Waals surface area contributed by atoms with Gasteiger partial charge in [-0.15, -0.1) is 0 Å². The zero-order chi connectivity index (χ0) is 14.1. The van der Waals surface area contributed by atoms with E-state index >= 15 is 0 Å². The van der Waals surface area contributed by atoms with E-state index in [1.165, 1.54) is 25.8 Å². The monoisotopic (exact) mass is 292 g/mol. The van der Waals surface area contributed by atoms with E-state index in [0.29, 0.717) is 16.6 Å². The molecule has 2 fully saturated rings. The Labute approximate surface area is 125 Å². The van der Waals surface area contributed by atoms with E-state index in [-0.39, 0.29) is 5.84 Å². The number of anilines is 1. The van der Waals surface area contributed by atoms with Gasteiger partial charge >= 0.3 is 0 Å². The molecule has 1 aromatic carbocycles. The summed E-state index contributed by atoms with van der Waals surface area (Å²) in [7, 11) is 0. The van der Waals surface area contributed by atoms with Gasteiger partial charge in [-0.2, -0.15) is 0 Å². The molecule has 0 radical (unpaired) electrons. The van der Waals surface area contributed by atoms with E-state index in [1.54, 1.807) is 6.07 Å². The lowest BCUT2D eigenvalue weighted by Gasteiger charge is -2.45. The first kappa shape index (κ1) is 13.7. The van der Waals surface area contributed by atoms with Gasteiger partial charge in [0.15, 0.2) is 0 Å². The minimum atomic E-state index is 0.0525. The van der Waals surface area contributed by atoms with Crippen LogP contribution in [0.15, 0.2) is 18.2 Å². The van der Waals surface area contributed by atoms with Crippen molar-refractivity contribution in [1.29, 1.82) is 5.41 Å². The normalized spacial score (nSPS) is 23.4. The van der Waals surface area contributed by atoms with Gasteiger partial charge in [-0.25, -0.2) is 0 Å². The molecule has 0 spiro atoms. The lowest BCUT2D eigenvalue weighted by molar-refractivity contribution is 0.133. The molecule has 108 valence electrons. The number of nitrogen functional groups attached to an aromatic ring is 1. The summed E-state index contributed by atoms with van der Waals surface area (Å²) in [5, 5.41) is 8.34. The molecule has 1 unspecified atom stereocenters. The van der Waals surface area contributed by atoms with Crippen molar-refractivity contribution in [3.63, 3.8) is 0 Å². The molecule has 0 saturated carbocycles. The first-order valence-corrected chi connectivity index (χ1v) is 7.66. The maximum atomic E-state index is 7.77. The second kappa shape index (κ2) is 5.62. The number of hydrogen-bond donors (Lipinski definition) is 2. The number of piperazine rings is 1. The Morgan fingerprint density at radius 1 is 1.25 bits per heavy atom. The SMILES string of the molecule is N=C(N)c1c(Cl)cccc1N1CCN2CCCCC2C1. The lowest BCUT2D eigenvalue weighted by atomic mass is 9.98. The van der Waals surface area contributed by atoms with Gasteiger partial charge in [0.25, 0.3) is 0 Å². The first-order chi connectivity index (χ1) is 9.66. The average molecular weight is 293 g/mol. The molecule has 1 aromatic rings. The van der Waals surface area contributed by atoms with E-state index in [9.17, 15) is 0 Å². The Morgan fingerprint density at radius 3 is 2.90 bits per heavy atom. The maximum Gasteiger partial charge on any atom is 0.126 e. The second-order valence-corrected chi connectivity index (χ2v) is 6.09. The molecule has 5 heteroatoms. The number of benzene rings is 1. The number of amidine groups is 1. The van der Waals surface area contributed by atoms with Crippen LogP contribution in [0.25, 0.3) is 0 Å². The van der Waals surface area contributed by atoms with Gasteiger partial charge in [0.1, 0.15) is 5.84 Å². The number of rotatable bonds is 2. The van der Waals surface area contributed by atoms with Crippen molar-refractivity contribution in [2.24, 2.45) is 5.73 Å². The predicted octanol–water partition coefficient (Wildman–Crippen LogP) is 2.30. The second-order valence-electron chi connectivity index (χ2n) is 5.68. The number of piperidine rings is 1. The summed E-state index contributed by atoms with van der Waals surface area (Å²) >= 11 is 6.22. The highest BCUT2D eigenvalue weighted by Crippen LogP contribution is 2.30. The molecule has 2 saturated heterocycles. The van der Waals surface area contributed by atoms with E-state index in [1.807, 2.05) is 12.1 Å². The van der Waals surface area contributed by atoms with Crippen molar-refractivity contribution in [3.05, 3.63) is 28.8 Å². The van der Waals surface area contributed by atoms with E-state index in [4.69, 9.17) is 22.7 Å². The first-order valence-electron chi connectivity index (χ1n) is 7.28. The summed E-state index contributed by atoms with van der Waals surface area (Å²) in [5.74, 6) is 0.0525. The summed E-state index contributed by atoms with van der Waals surface area (Å²) in [6.45, 7) is 4.32. The Bertz CT molecular complexity index is 517. The van der Waals surface area contributed by atoms with Crippen molar-refractivity contribution in [3.8, 4) is 0 Å². The Hall–Kier alpha value is -1.26. The topological polar surface area (TPSA) is 56.4 Å². The number of halogens is 1. The highest BCUT2D eigenvalue weighted by molar-refractivity contribution is 6.34. The molecule has 4 nitrogen and oxygen atoms in total. The van der Waals surface area contributed by atoms with Gasteiger partial charge in [-0.3, -0.25) is 10.3 Å². The van der Waals surface area contributed by atoms with Crippen LogP contribution in [0.5, 0.6) is 0 Å². The van der Waals surface area contributed by atoms with E-state index < -0.39 is 0 Å². The van der Waals surface area contributed by atoms with Gasteiger partial charge in [-0.05, 0) is 31.5 Å². The molecule has 3 rings (SSSR count). The maximum absolute atomic E-state index is 7.77. The summed E-state index contributed by atoms with van der Waals surface area (Å²) in [6.07, 6.45) is 3.92. The minimum Gasteiger partial charge on any atom is -0.384 e. The van der Waals surface area contributed by atoms with Crippen molar-refractivity contribution < 1.29 is 0 Å². The fourth-order valence-electron chi connectivity index (χ4n) is 3.42. The molecule has 0 aromatic heterocycles. The van der Waals surface area contributed by atoms with Gasteiger partial charge < -0.3 is 10.6 Å². The van der Waals surface area contributed by atoms with Crippen molar-refractivity contribution in [1.82, 2.24) is 4.90 Å². The van der Waals surface area contributed by atoms with Gasteiger partial charge in [0, 0.05) is 31.4 Å². The summed E-state index contributed by atoms with van der Waals surface area (Å²) in [5.41, 5.74) is 7.40. The third-order valence-corrected chi connectivity index (χ3v) is 4.75. The van der Waals surface area contributed by atoms with Crippen molar-refractivity contribution in [2.75, 3.05) is 31.1 Å². The molecule has 0 aliphatic carbocycles. The van der Waals surface area contributed by atoms with Crippen LogP contribution >= 0.6 is 11.6 Å². The number of fused-ring (bicyclic) bond motifs is 1. The Kier molecular flexibility index (Phi) is 3.85. The Morgan fingerprint density at radius 2 is 2.10 bits per heavy atom. The van der Waals surface area contributed by atoms with Gasteiger partial charge in [-0.1, -0.05) is 24.1 Å². The molecule has 0 bridgehead atoms. The number of nitrogens with one attached hydrogen (secondary N) is 1. The van der Waals surface area contributed by atoms with Gasteiger partial charge in [0.05, 0.1) is 10.6 Å². The molecule has 2 heterocycles. The zero-order valence-corrected chi connectivity index (χ0v) is 12.4. The van der Waals surface area contributed by atoms with Crippen LogP contribution in [0.2, 0.25) is 5.02 Å². The molecule has 20 heavy (non-hydrogen) atoms. The smallest absolute Gasteiger partial charge is 0.126 e. The predicted molar refractivity (Wildman–Crippen MR) is 83.9 cm³/mol. The molecular weight excluding hydrogens is 272 g/mol. The van der Waals surface area contributed by atoms with Crippen LogP contribution in [0.3, 0.4) is 0 Å². The minimum absolute atomic E-state index is 0.0525. The van der Waals surface area contributed by atoms with Crippen LogP contribution in [0.4, 0.5) is 5.69 Å². The summed E-state index contributed by atoms with van der Waals surface area (Å²) in [4.78, 5) is 4.94. The van der Waals surface area contributed by atoms with Crippen LogP contribution < -0.4 is 10.6 Å². The number of nitrogens with zero attached hydrogens (tertiary/aromatic N) is 2. The lowest BCUT2D eigenvalue weighted by Crippen LogP contribution is -2.55. The van der Waals surface area contributed by atoms with Crippen molar-refractivity contribution in [2.45, 2.75) is 25.3 Å². The third-order valence-electron chi connectivity index (χ3n) is 4.44. The molecule has 2 aliphatic heterocycles. The zero-order valence-electron chi connectivity index (χ0n) is 11.6. The number of nitrogens with two attached hydrogens (primary N) is 1. The molecular formula is C15H21ClN4. The van der Waals surface area contributed by atoms with Crippen LogP contribution in [-0.4, -0.2) is 43.0 Å². The number of hydrogen-bond acceptors (Lipinski definition) is 3. The molecule has 2 aliphatic rings. The summed E-state index contributed by atoms with van der Waals surface area (Å²) in [6, 6.07) is 6.41. The fraction of sp³-hybridized carbons (Fsp3) is 0.533. The highest BCUT2D eigenvalue weighted by Gasteiger charge is 2.30. The van der Waals surface area contributed by atoms with Crippen molar-refractivity contribution >= 4 is 23.1 Å². The average Bonchev–Trinajstić information content (AvgIpc) is 2.46. The van der Waals surface area contributed by atoms with E-state index in [2.05, 4.69) is 9.80 Å². The fourth-order valence-corrected chi connectivity index (χ4v) is 3.69. The largest absolute Gasteiger partial charge is 0.384 e. The van der Waals surface area contributed by atoms with Gasteiger partial charge in [0.2, 0.25) is 0 Å². The van der Waals surface area contributed by atoms with Crippen LogP contribution in [0.1, 0.15) is 24.8 Å². The Balaban J connectivity index is 1.86. The molecule has 0 amide bonds. The standard InChI is InChI=1S/C15H21ClN4/c16-12-5-3-6-13(14(12)15(17)18)20-9-8-19-7-2-1-4-11(19)10-20/h3,5-6,11H,1-2,4,7-10H2,(H3,17,18). The van der Waals surface area contributed by atoms with E-state index in [0.717, 1.165) is 25.3 Å². The third kappa shape index (κ3) is 2.50.